The van der Waals surface area contributed by atoms with E-state index in [0.29, 0.717) is 0 Å². The molecule has 0 spiro atoms. The number of benzene rings is 1. The predicted molar refractivity (Wildman–Crippen MR) is 70.1 cm³/mol. The molecular formula is C11H11FN4O3S. The molecule has 106 valence electrons. The van der Waals surface area contributed by atoms with Gasteiger partial charge in [-0.25, -0.2) is 4.39 Å². The fraction of sp³-hybridized carbons (Fsp3) is 0.0909. The van der Waals surface area contributed by atoms with Gasteiger partial charge in [0.1, 0.15) is 5.82 Å². The number of aromatic nitrogens is 2. The second-order valence-corrected chi connectivity index (χ2v) is 5.55. The monoisotopic (exact) mass is 298 g/mol. The van der Waals surface area contributed by atoms with Crippen LogP contribution in [0.4, 0.5) is 15.8 Å². The summed E-state index contributed by atoms with van der Waals surface area (Å²) in [5, 5.41) is 7.99. The predicted octanol–water partition coefficient (Wildman–Crippen LogP) is 1.31. The van der Waals surface area contributed by atoms with Crippen LogP contribution in [0.2, 0.25) is 0 Å². The molecule has 2 aromatic rings. The highest BCUT2D eigenvalue weighted by atomic mass is 32.2. The minimum Gasteiger partial charge on any atom is -0.324 e. The van der Waals surface area contributed by atoms with Crippen molar-refractivity contribution in [3.05, 3.63) is 36.3 Å². The summed E-state index contributed by atoms with van der Waals surface area (Å²) in [6.45, 7) is 1.22. The molecule has 0 bridgehead atoms. The van der Waals surface area contributed by atoms with E-state index in [1.807, 2.05) is 0 Å². The van der Waals surface area contributed by atoms with Crippen LogP contribution in [0.1, 0.15) is 6.92 Å². The van der Waals surface area contributed by atoms with Gasteiger partial charge in [0, 0.05) is 6.92 Å². The molecular weight excluding hydrogens is 287 g/mol. The summed E-state index contributed by atoms with van der Waals surface area (Å²) in [4.78, 5) is 10.9. The van der Waals surface area contributed by atoms with Gasteiger partial charge in [-0.1, -0.05) is 0 Å². The highest BCUT2D eigenvalue weighted by Gasteiger charge is 2.16. The summed E-state index contributed by atoms with van der Waals surface area (Å²) in [5.74, 6) is -1.12. The van der Waals surface area contributed by atoms with Crippen molar-refractivity contribution in [2.75, 3.05) is 10.0 Å². The molecule has 1 heterocycles. The molecule has 0 fully saturated rings. The van der Waals surface area contributed by atoms with E-state index in [0.717, 1.165) is 6.07 Å². The first-order chi connectivity index (χ1) is 9.38. The van der Waals surface area contributed by atoms with Gasteiger partial charge in [0.15, 0.2) is 5.03 Å². The molecule has 0 aliphatic heterocycles. The number of H-pyrrole nitrogens is 1. The minimum absolute atomic E-state index is 0.109. The second kappa shape index (κ2) is 5.29. The maximum absolute atomic E-state index is 13.4. The Morgan fingerprint density at radius 2 is 2.10 bits per heavy atom. The van der Waals surface area contributed by atoms with Crippen LogP contribution in [0.5, 0.6) is 0 Å². The Bertz CT molecular complexity index is 728. The lowest BCUT2D eigenvalue weighted by Crippen LogP contribution is -2.14. The maximum Gasteiger partial charge on any atom is 0.278 e. The third kappa shape index (κ3) is 3.12. The summed E-state index contributed by atoms with van der Waals surface area (Å²) in [7, 11) is -3.83. The van der Waals surface area contributed by atoms with Crippen LogP contribution in [-0.4, -0.2) is 24.5 Å². The maximum atomic E-state index is 13.4. The Kier molecular flexibility index (Phi) is 3.70. The zero-order valence-electron chi connectivity index (χ0n) is 10.3. The molecule has 9 heteroatoms. The van der Waals surface area contributed by atoms with Gasteiger partial charge in [-0.2, -0.15) is 13.5 Å². The topological polar surface area (TPSA) is 104 Å². The number of carbonyl (C=O) groups is 1. The van der Waals surface area contributed by atoms with Crippen molar-refractivity contribution in [1.82, 2.24) is 10.2 Å². The Morgan fingerprint density at radius 1 is 1.35 bits per heavy atom. The molecule has 0 unspecified atom stereocenters. The van der Waals surface area contributed by atoms with Gasteiger partial charge in [0.25, 0.3) is 10.0 Å². The van der Waals surface area contributed by atoms with Crippen molar-refractivity contribution in [1.29, 1.82) is 0 Å². The van der Waals surface area contributed by atoms with E-state index in [9.17, 15) is 17.6 Å². The molecule has 0 radical (unpaired) electrons. The minimum atomic E-state index is -3.83. The highest BCUT2D eigenvalue weighted by Crippen LogP contribution is 2.21. The van der Waals surface area contributed by atoms with Crippen molar-refractivity contribution < 1.29 is 17.6 Å². The number of amides is 1. The normalized spacial score (nSPS) is 11.1. The molecule has 1 aromatic heterocycles. The lowest BCUT2D eigenvalue weighted by atomic mass is 10.2. The molecule has 0 aliphatic rings. The van der Waals surface area contributed by atoms with Gasteiger partial charge in [-0.05, 0) is 24.3 Å². The number of carbonyl (C=O) groups excluding carboxylic acids is 1. The van der Waals surface area contributed by atoms with E-state index in [1.54, 1.807) is 0 Å². The molecule has 0 saturated carbocycles. The Balaban J connectivity index is 2.28. The Hall–Kier alpha value is -2.42. The van der Waals surface area contributed by atoms with Crippen molar-refractivity contribution >= 4 is 27.3 Å². The van der Waals surface area contributed by atoms with E-state index in [4.69, 9.17) is 0 Å². The smallest absolute Gasteiger partial charge is 0.278 e. The number of nitrogens with zero attached hydrogens (tertiary/aromatic N) is 1. The van der Waals surface area contributed by atoms with E-state index >= 15 is 0 Å². The molecule has 0 atom stereocenters. The van der Waals surface area contributed by atoms with Crippen LogP contribution >= 0.6 is 0 Å². The number of hydrogen-bond donors (Lipinski definition) is 3. The number of aromatic amines is 1. The first-order valence-corrected chi connectivity index (χ1v) is 6.96. The van der Waals surface area contributed by atoms with Crippen LogP contribution in [0.15, 0.2) is 35.5 Å². The number of rotatable bonds is 4. The highest BCUT2D eigenvalue weighted by molar-refractivity contribution is 7.92. The molecule has 3 N–H and O–H groups in total. The molecule has 2 rings (SSSR count). The Labute approximate surface area is 114 Å². The van der Waals surface area contributed by atoms with Crippen LogP contribution in [-0.2, 0) is 14.8 Å². The number of nitrogens with one attached hydrogen (secondary N) is 3. The van der Waals surface area contributed by atoms with E-state index in [-0.39, 0.29) is 16.4 Å². The van der Waals surface area contributed by atoms with Gasteiger partial charge in [0.05, 0.1) is 17.6 Å². The number of hydrogen-bond acceptors (Lipinski definition) is 4. The number of sulfonamides is 1. The van der Waals surface area contributed by atoms with Crippen molar-refractivity contribution in [3.8, 4) is 0 Å². The average molecular weight is 298 g/mol. The van der Waals surface area contributed by atoms with E-state index in [1.165, 1.54) is 31.3 Å². The summed E-state index contributed by atoms with van der Waals surface area (Å²) in [5.41, 5.74) is 0.00654. The molecule has 0 aliphatic carbocycles. The first kappa shape index (κ1) is 14.0. The van der Waals surface area contributed by atoms with Gasteiger partial charge in [-0.15, -0.1) is 0 Å². The Morgan fingerprint density at radius 3 is 2.70 bits per heavy atom. The molecule has 1 amide bonds. The fourth-order valence-corrected chi connectivity index (χ4v) is 2.44. The average Bonchev–Trinajstić information content (AvgIpc) is 2.87. The van der Waals surface area contributed by atoms with Gasteiger partial charge >= 0.3 is 0 Å². The van der Waals surface area contributed by atoms with Gasteiger partial charge < -0.3 is 5.32 Å². The summed E-state index contributed by atoms with van der Waals surface area (Å²) >= 11 is 0. The third-order valence-corrected chi connectivity index (χ3v) is 3.60. The second-order valence-electron chi connectivity index (χ2n) is 3.90. The summed E-state index contributed by atoms with van der Waals surface area (Å²) < 4.78 is 39.5. The standard InChI is InChI=1S/C11H11FN4O3S/c1-7(17)14-10-6-8(2-3-9(10)12)16-20(18,19)11-4-5-13-15-11/h2-6,16H,1H3,(H,13,15)(H,14,17). The van der Waals surface area contributed by atoms with Crippen LogP contribution < -0.4 is 10.0 Å². The van der Waals surface area contributed by atoms with Gasteiger partial charge in [-0.3, -0.25) is 14.6 Å². The lowest BCUT2D eigenvalue weighted by molar-refractivity contribution is -0.114. The first-order valence-electron chi connectivity index (χ1n) is 5.48. The molecule has 7 nitrogen and oxygen atoms in total. The summed E-state index contributed by atoms with van der Waals surface area (Å²) in [6, 6.07) is 4.76. The fourth-order valence-electron chi connectivity index (χ4n) is 1.48. The van der Waals surface area contributed by atoms with Crippen molar-refractivity contribution in [2.45, 2.75) is 11.9 Å². The number of halogens is 1. The van der Waals surface area contributed by atoms with Crippen molar-refractivity contribution in [2.24, 2.45) is 0 Å². The molecule has 20 heavy (non-hydrogen) atoms. The lowest BCUT2D eigenvalue weighted by Gasteiger charge is -2.09. The van der Waals surface area contributed by atoms with Crippen LogP contribution in [0.25, 0.3) is 0 Å². The van der Waals surface area contributed by atoms with Crippen LogP contribution in [0.3, 0.4) is 0 Å². The van der Waals surface area contributed by atoms with Crippen molar-refractivity contribution in [3.63, 3.8) is 0 Å². The SMILES string of the molecule is CC(=O)Nc1cc(NS(=O)(=O)c2ccn[nH]2)ccc1F. The zero-order valence-corrected chi connectivity index (χ0v) is 11.2. The largest absolute Gasteiger partial charge is 0.324 e. The van der Waals surface area contributed by atoms with E-state index < -0.39 is 21.7 Å². The zero-order chi connectivity index (χ0) is 14.8. The molecule has 0 saturated heterocycles. The van der Waals surface area contributed by atoms with Gasteiger partial charge in [0.2, 0.25) is 5.91 Å². The number of anilines is 2. The van der Waals surface area contributed by atoms with E-state index in [2.05, 4.69) is 20.2 Å². The molecule has 1 aromatic carbocycles. The third-order valence-electron chi connectivity index (χ3n) is 2.29. The van der Waals surface area contributed by atoms with Crippen LogP contribution in [0, 0.1) is 5.82 Å². The summed E-state index contributed by atoms with van der Waals surface area (Å²) in [6.07, 6.45) is 1.29. The quantitative estimate of drug-likeness (QED) is 0.791.